The van der Waals surface area contributed by atoms with E-state index in [9.17, 15) is 13.2 Å². The molecule has 1 saturated heterocycles. The molecule has 1 atom stereocenters. The third-order valence-corrected chi connectivity index (χ3v) is 7.24. The topological polar surface area (TPSA) is 97.0 Å². The van der Waals surface area contributed by atoms with E-state index in [2.05, 4.69) is 17.6 Å². The molecule has 1 aliphatic rings. The van der Waals surface area contributed by atoms with Gasteiger partial charge in [0.2, 0.25) is 15.9 Å². The van der Waals surface area contributed by atoms with Gasteiger partial charge in [0, 0.05) is 19.1 Å². The highest BCUT2D eigenvalue weighted by atomic mass is 32.2. The van der Waals surface area contributed by atoms with E-state index in [1.165, 1.54) is 23.5 Å². The standard InChI is InChI=1S/C23H31N3O5S/c1-3-7-20(18-8-5-4-6-9-18)24-17-23(27)25-21-16-19(10-11-22(21)30-2)32(28,29)26-12-14-31-15-13-26/h4-6,8-11,16,20,24H,3,7,12-15,17H2,1-2H3,(H,25,27)/t20-/m1/s1. The summed E-state index contributed by atoms with van der Waals surface area (Å²) in [5.74, 6) is 0.119. The van der Waals surface area contributed by atoms with Crippen molar-refractivity contribution < 1.29 is 22.7 Å². The molecule has 1 amide bonds. The van der Waals surface area contributed by atoms with E-state index in [1.54, 1.807) is 6.07 Å². The molecule has 0 aliphatic carbocycles. The van der Waals surface area contributed by atoms with Crippen LogP contribution in [0.2, 0.25) is 0 Å². The first-order valence-electron chi connectivity index (χ1n) is 10.8. The summed E-state index contributed by atoms with van der Waals surface area (Å²) in [5, 5.41) is 6.09. The molecular formula is C23H31N3O5S. The molecule has 0 aromatic heterocycles. The van der Waals surface area contributed by atoms with Crippen LogP contribution in [0.25, 0.3) is 0 Å². The van der Waals surface area contributed by atoms with Gasteiger partial charge in [-0.2, -0.15) is 4.31 Å². The molecule has 174 valence electrons. The highest BCUT2D eigenvalue weighted by Crippen LogP contribution is 2.29. The quantitative estimate of drug-likeness (QED) is 0.565. The van der Waals surface area contributed by atoms with E-state index in [1.807, 2.05) is 30.3 Å². The second-order valence-electron chi connectivity index (χ2n) is 7.56. The van der Waals surface area contributed by atoms with Crippen LogP contribution in [-0.4, -0.2) is 58.6 Å². The third-order valence-electron chi connectivity index (χ3n) is 5.34. The number of nitrogens with zero attached hydrogens (tertiary/aromatic N) is 1. The maximum absolute atomic E-state index is 13.0. The van der Waals surface area contributed by atoms with Crippen LogP contribution in [0.1, 0.15) is 31.4 Å². The fraction of sp³-hybridized carbons (Fsp3) is 0.435. The monoisotopic (exact) mass is 461 g/mol. The van der Waals surface area contributed by atoms with Crippen LogP contribution in [0.3, 0.4) is 0 Å². The van der Waals surface area contributed by atoms with Crippen molar-refractivity contribution in [2.45, 2.75) is 30.7 Å². The van der Waals surface area contributed by atoms with E-state index in [-0.39, 0.29) is 23.4 Å². The number of methoxy groups -OCH3 is 1. The largest absolute Gasteiger partial charge is 0.495 e. The number of nitrogens with one attached hydrogen (secondary N) is 2. The second kappa shape index (κ2) is 11.4. The molecule has 0 saturated carbocycles. The van der Waals surface area contributed by atoms with Gasteiger partial charge in [0.05, 0.1) is 37.5 Å². The number of anilines is 1. The maximum atomic E-state index is 13.0. The predicted molar refractivity (Wildman–Crippen MR) is 123 cm³/mol. The molecule has 0 radical (unpaired) electrons. The number of rotatable bonds is 10. The summed E-state index contributed by atoms with van der Waals surface area (Å²) in [6, 6.07) is 14.5. The number of benzene rings is 2. The average Bonchev–Trinajstić information content (AvgIpc) is 2.82. The lowest BCUT2D eigenvalue weighted by Crippen LogP contribution is -2.40. The molecule has 1 fully saturated rings. The first kappa shape index (κ1) is 24.2. The van der Waals surface area contributed by atoms with Gasteiger partial charge in [-0.15, -0.1) is 0 Å². The molecule has 2 aromatic carbocycles. The van der Waals surface area contributed by atoms with Crippen molar-refractivity contribution in [2.24, 2.45) is 0 Å². The van der Waals surface area contributed by atoms with Gasteiger partial charge in [-0.3, -0.25) is 4.79 Å². The summed E-state index contributed by atoms with van der Waals surface area (Å²) >= 11 is 0. The zero-order chi connectivity index (χ0) is 23.0. The molecule has 2 aromatic rings. The summed E-state index contributed by atoms with van der Waals surface area (Å²) in [6.07, 6.45) is 1.87. The SMILES string of the molecule is CCC[C@@H](NCC(=O)Nc1cc(S(=O)(=O)N2CCOCC2)ccc1OC)c1ccccc1. The van der Waals surface area contributed by atoms with Crippen LogP contribution in [0, 0.1) is 0 Å². The Morgan fingerprint density at radius 1 is 1.16 bits per heavy atom. The van der Waals surface area contributed by atoms with E-state index in [0.717, 1.165) is 18.4 Å². The maximum Gasteiger partial charge on any atom is 0.243 e. The minimum atomic E-state index is -3.68. The summed E-state index contributed by atoms with van der Waals surface area (Å²) < 4.78 is 37.9. The van der Waals surface area contributed by atoms with Crippen molar-refractivity contribution in [2.75, 3.05) is 45.3 Å². The Bertz CT molecular complexity index is 992. The molecular weight excluding hydrogens is 430 g/mol. The second-order valence-corrected chi connectivity index (χ2v) is 9.50. The Labute approximate surface area is 190 Å². The normalized spacial score (nSPS) is 15.8. The average molecular weight is 462 g/mol. The minimum Gasteiger partial charge on any atom is -0.495 e. The number of ether oxygens (including phenoxy) is 2. The van der Waals surface area contributed by atoms with Gasteiger partial charge in [-0.05, 0) is 30.2 Å². The fourth-order valence-corrected chi connectivity index (χ4v) is 5.09. The number of carbonyl (C=O) groups is 1. The molecule has 0 unspecified atom stereocenters. The first-order chi connectivity index (χ1) is 15.5. The molecule has 2 N–H and O–H groups in total. The van der Waals surface area contributed by atoms with Crippen molar-refractivity contribution in [3.63, 3.8) is 0 Å². The van der Waals surface area contributed by atoms with Gasteiger partial charge in [0.1, 0.15) is 5.75 Å². The third kappa shape index (κ3) is 6.07. The van der Waals surface area contributed by atoms with Crippen molar-refractivity contribution >= 4 is 21.6 Å². The summed E-state index contributed by atoms with van der Waals surface area (Å²) in [6.45, 7) is 3.53. The van der Waals surface area contributed by atoms with Crippen molar-refractivity contribution in [1.29, 1.82) is 0 Å². The number of amides is 1. The molecule has 32 heavy (non-hydrogen) atoms. The molecule has 9 heteroatoms. The fourth-order valence-electron chi connectivity index (χ4n) is 3.65. The number of hydrogen-bond donors (Lipinski definition) is 2. The van der Waals surface area contributed by atoms with Crippen molar-refractivity contribution in [1.82, 2.24) is 9.62 Å². The molecule has 1 heterocycles. The van der Waals surface area contributed by atoms with Gasteiger partial charge in [0.25, 0.3) is 0 Å². The van der Waals surface area contributed by atoms with Crippen LogP contribution in [-0.2, 0) is 19.6 Å². The molecule has 1 aliphatic heterocycles. The molecule has 8 nitrogen and oxygen atoms in total. The highest BCUT2D eigenvalue weighted by molar-refractivity contribution is 7.89. The van der Waals surface area contributed by atoms with E-state index >= 15 is 0 Å². The van der Waals surface area contributed by atoms with Crippen molar-refractivity contribution in [3.05, 3.63) is 54.1 Å². The zero-order valence-corrected chi connectivity index (χ0v) is 19.4. The highest BCUT2D eigenvalue weighted by Gasteiger charge is 2.27. The van der Waals surface area contributed by atoms with Crippen LogP contribution in [0.4, 0.5) is 5.69 Å². The summed E-state index contributed by atoms with van der Waals surface area (Å²) in [7, 11) is -2.21. The van der Waals surface area contributed by atoms with Gasteiger partial charge in [-0.25, -0.2) is 8.42 Å². The van der Waals surface area contributed by atoms with Gasteiger partial charge in [0.15, 0.2) is 0 Å². The van der Waals surface area contributed by atoms with Crippen LogP contribution in [0.15, 0.2) is 53.4 Å². The molecule has 3 rings (SSSR count). The molecule has 0 bridgehead atoms. The van der Waals surface area contributed by atoms with E-state index in [0.29, 0.717) is 37.7 Å². The Morgan fingerprint density at radius 3 is 2.53 bits per heavy atom. The minimum absolute atomic E-state index is 0.0573. The smallest absolute Gasteiger partial charge is 0.243 e. The van der Waals surface area contributed by atoms with Crippen LogP contribution in [0.5, 0.6) is 5.75 Å². The number of morpholine rings is 1. The van der Waals surface area contributed by atoms with Gasteiger partial charge >= 0.3 is 0 Å². The Kier molecular flexibility index (Phi) is 8.63. The Morgan fingerprint density at radius 2 is 1.88 bits per heavy atom. The van der Waals surface area contributed by atoms with E-state index < -0.39 is 10.0 Å². The number of hydrogen-bond acceptors (Lipinski definition) is 6. The lowest BCUT2D eigenvalue weighted by atomic mass is 10.0. The first-order valence-corrected chi connectivity index (χ1v) is 12.2. The Hall–Kier alpha value is -2.46. The lowest BCUT2D eigenvalue weighted by molar-refractivity contribution is -0.115. The van der Waals surface area contributed by atoms with Crippen LogP contribution >= 0.6 is 0 Å². The lowest BCUT2D eigenvalue weighted by Gasteiger charge is -2.26. The van der Waals surface area contributed by atoms with Gasteiger partial charge in [-0.1, -0.05) is 43.7 Å². The molecule has 0 spiro atoms. The summed E-state index contributed by atoms with van der Waals surface area (Å²) in [4.78, 5) is 12.8. The van der Waals surface area contributed by atoms with E-state index in [4.69, 9.17) is 9.47 Å². The van der Waals surface area contributed by atoms with Crippen LogP contribution < -0.4 is 15.4 Å². The number of sulfonamides is 1. The summed E-state index contributed by atoms with van der Waals surface area (Å²) in [5.41, 5.74) is 1.44. The van der Waals surface area contributed by atoms with Crippen molar-refractivity contribution in [3.8, 4) is 5.75 Å². The van der Waals surface area contributed by atoms with Gasteiger partial charge < -0.3 is 20.1 Å². The Balaban J connectivity index is 1.71. The number of carbonyl (C=O) groups excluding carboxylic acids is 1. The zero-order valence-electron chi connectivity index (χ0n) is 18.5. The predicted octanol–water partition coefficient (Wildman–Crippen LogP) is 2.79.